The maximum Gasteiger partial charge on any atom is 0.194 e. The zero-order valence-electron chi connectivity index (χ0n) is 15.9. The number of guanidine groups is 1. The van der Waals surface area contributed by atoms with E-state index in [2.05, 4.69) is 39.3 Å². The molecule has 1 N–H and O–H groups in total. The molecular weight excluding hydrogens is 328 g/mol. The van der Waals surface area contributed by atoms with E-state index in [9.17, 15) is 0 Å². The van der Waals surface area contributed by atoms with Crippen LogP contribution in [0.15, 0.2) is 41.7 Å². The molecule has 2 aromatic rings. The number of rotatable bonds is 5. The summed E-state index contributed by atoms with van der Waals surface area (Å²) >= 11 is 0. The molecule has 0 unspecified atom stereocenters. The van der Waals surface area contributed by atoms with Gasteiger partial charge in [0.25, 0.3) is 0 Å². The standard InChI is InChI=1S/C19H28N6O/c1-4-20-19(21-13-16-14-22-23(2)15-16)25-11-9-24(10-12-25)17-7-5-6-8-18(17)26-3/h5-8,14-15H,4,9-13H2,1-3H3,(H,20,21). The average molecular weight is 356 g/mol. The summed E-state index contributed by atoms with van der Waals surface area (Å²) in [5.74, 6) is 1.90. The quantitative estimate of drug-likeness (QED) is 0.653. The van der Waals surface area contributed by atoms with Gasteiger partial charge in [0.15, 0.2) is 5.96 Å². The van der Waals surface area contributed by atoms with Crippen LogP contribution in [0.5, 0.6) is 5.75 Å². The summed E-state index contributed by atoms with van der Waals surface area (Å²) < 4.78 is 7.31. The highest BCUT2D eigenvalue weighted by Crippen LogP contribution is 2.28. The molecule has 1 aliphatic heterocycles. The van der Waals surface area contributed by atoms with Crippen molar-refractivity contribution in [2.24, 2.45) is 12.0 Å². The van der Waals surface area contributed by atoms with Crippen LogP contribution in [0.1, 0.15) is 12.5 Å². The molecule has 0 bridgehead atoms. The summed E-state index contributed by atoms with van der Waals surface area (Å²) in [6.45, 7) is 7.34. The first-order valence-corrected chi connectivity index (χ1v) is 9.10. The van der Waals surface area contributed by atoms with Crippen molar-refractivity contribution in [2.75, 3.05) is 44.7 Å². The van der Waals surface area contributed by atoms with Crippen LogP contribution >= 0.6 is 0 Å². The summed E-state index contributed by atoms with van der Waals surface area (Å²) in [6, 6.07) is 8.20. The Labute approximate surface area is 155 Å². The minimum atomic E-state index is 0.642. The molecular formula is C19H28N6O. The molecule has 0 saturated carbocycles. The number of methoxy groups -OCH3 is 1. The van der Waals surface area contributed by atoms with Crippen LogP contribution in [0, 0.1) is 0 Å². The van der Waals surface area contributed by atoms with E-state index in [1.54, 1.807) is 7.11 Å². The van der Waals surface area contributed by atoms with E-state index in [4.69, 9.17) is 9.73 Å². The van der Waals surface area contributed by atoms with Crippen molar-refractivity contribution < 1.29 is 4.74 Å². The fraction of sp³-hybridized carbons (Fsp3) is 0.474. The third-order valence-electron chi connectivity index (χ3n) is 4.51. The first-order chi connectivity index (χ1) is 12.7. The molecule has 1 aromatic carbocycles. The molecule has 0 radical (unpaired) electrons. The van der Waals surface area contributed by atoms with Crippen LogP contribution in [-0.2, 0) is 13.6 Å². The molecule has 0 atom stereocenters. The number of hydrogen-bond acceptors (Lipinski definition) is 4. The monoisotopic (exact) mass is 356 g/mol. The Balaban J connectivity index is 1.64. The van der Waals surface area contributed by atoms with Crippen molar-refractivity contribution in [2.45, 2.75) is 13.5 Å². The topological polar surface area (TPSA) is 57.9 Å². The van der Waals surface area contributed by atoms with Crippen LogP contribution in [0.2, 0.25) is 0 Å². The highest BCUT2D eigenvalue weighted by molar-refractivity contribution is 5.80. The summed E-state index contributed by atoms with van der Waals surface area (Å²) in [6.07, 6.45) is 3.87. The van der Waals surface area contributed by atoms with Crippen molar-refractivity contribution in [1.29, 1.82) is 0 Å². The zero-order valence-corrected chi connectivity index (χ0v) is 15.9. The number of ether oxygens (including phenoxy) is 1. The summed E-state index contributed by atoms with van der Waals surface area (Å²) in [5.41, 5.74) is 2.28. The second kappa shape index (κ2) is 8.60. The van der Waals surface area contributed by atoms with Crippen molar-refractivity contribution in [3.05, 3.63) is 42.2 Å². The van der Waals surface area contributed by atoms with Gasteiger partial charge in [-0.1, -0.05) is 12.1 Å². The molecule has 1 aromatic heterocycles. The summed E-state index contributed by atoms with van der Waals surface area (Å²) in [4.78, 5) is 9.49. The highest BCUT2D eigenvalue weighted by atomic mass is 16.5. The normalized spacial score (nSPS) is 15.3. The van der Waals surface area contributed by atoms with Crippen LogP contribution in [-0.4, -0.2) is 60.5 Å². The molecule has 1 fully saturated rings. The fourth-order valence-corrected chi connectivity index (χ4v) is 3.20. The number of para-hydroxylation sites is 2. The minimum absolute atomic E-state index is 0.642. The maximum absolute atomic E-state index is 5.50. The zero-order chi connectivity index (χ0) is 18.4. The van der Waals surface area contributed by atoms with Crippen molar-refractivity contribution in [1.82, 2.24) is 20.0 Å². The lowest BCUT2D eigenvalue weighted by Crippen LogP contribution is -2.52. The van der Waals surface area contributed by atoms with Crippen LogP contribution in [0.3, 0.4) is 0 Å². The van der Waals surface area contributed by atoms with E-state index in [-0.39, 0.29) is 0 Å². The molecule has 1 saturated heterocycles. The van der Waals surface area contributed by atoms with Gasteiger partial charge < -0.3 is 19.9 Å². The van der Waals surface area contributed by atoms with E-state index < -0.39 is 0 Å². The molecule has 3 rings (SSSR count). The molecule has 140 valence electrons. The number of hydrogen-bond donors (Lipinski definition) is 1. The number of nitrogens with one attached hydrogen (secondary N) is 1. The van der Waals surface area contributed by atoms with Crippen LogP contribution in [0.4, 0.5) is 5.69 Å². The Morgan fingerprint density at radius 3 is 2.65 bits per heavy atom. The van der Waals surface area contributed by atoms with E-state index >= 15 is 0 Å². The van der Waals surface area contributed by atoms with Crippen LogP contribution in [0.25, 0.3) is 0 Å². The second-order valence-corrected chi connectivity index (χ2v) is 6.34. The lowest BCUT2D eigenvalue weighted by molar-refractivity contribution is 0.367. The van der Waals surface area contributed by atoms with Gasteiger partial charge in [0.2, 0.25) is 0 Å². The summed E-state index contributed by atoms with van der Waals surface area (Å²) in [5, 5.41) is 7.62. The number of piperazine rings is 1. The molecule has 2 heterocycles. The van der Waals surface area contributed by atoms with Gasteiger partial charge >= 0.3 is 0 Å². The van der Waals surface area contributed by atoms with Gasteiger partial charge in [-0.05, 0) is 19.1 Å². The predicted molar refractivity (Wildman–Crippen MR) is 105 cm³/mol. The summed E-state index contributed by atoms with van der Waals surface area (Å²) in [7, 11) is 3.65. The molecule has 7 heteroatoms. The smallest absolute Gasteiger partial charge is 0.194 e. The Morgan fingerprint density at radius 1 is 1.23 bits per heavy atom. The molecule has 26 heavy (non-hydrogen) atoms. The van der Waals surface area contributed by atoms with Gasteiger partial charge in [-0.2, -0.15) is 5.10 Å². The average Bonchev–Trinajstić information content (AvgIpc) is 3.10. The molecule has 0 aliphatic carbocycles. The SMILES string of the molecule is CCNC(=NCc1cnn(C)c1)N1CCN(c2ccccc2OC)CC1. The van der Waals surface area contributed by atoms with Gasteiger partial charge in [0, 0.05) is 51.5 Å². The largest absolute Gasteiger partial charge is 0.495 e. The molecule has 0 spiro atoms. The number of nitrogens with zero attached hydrogens (tertiary/aromatic N) is 5. The number of benzene rings is 1. The first-order valence-electron chi connectivity index (χ1n) is 9.10. The minimum Gasteiger partial charge on any atom is -0.495 e. The second-order valence-electron chi connectivity index (χ2n) is 6.34. The molecule has 7 nitrogen and oxygen atoms in total. The maximum atomic E-state index is 5.50. The Morgan fingerprint density at radius 2 is 2.00 bits per heavy atom. The molecule has 1 aliphatic rings. The van der Waals surface area contributed by atoms with Gasteiger partial charge in [0.1, 0.15) is 5.75 Å². The third-order valence-corrected chi connectivity index (χ3v) is 4.51. The van der Waals surface area contributed by atoms with E-state index in [0.29, 0.717) is 6.54 Å². The predicted octanol–water partition coefficient (Wildman–Crippen LogP) is 1.72. The Bertz CT molecular complexity index is 733. The lowest BCUT2D eigenvalue weighted by Gasteiger charge is -2.38. The lowest BCUT2D eigenvalue weighted by atomic mass is 10.2. The van der Waals surface area contributed by atoms with E-state index in [0.717, 1.165) is 55.7 Å². The first kappa shape index (κ1) is 18.1. The van der Waals surface area contributed by atoms with E-state index in [1.165, 1.54) is 0 Å². The van der Waals surface area contributed by atoms with E-state index in [1.807, 2.05) is 36.3 Å². The molecule has 0 amide bonds. The number of aromatic nitrogens is 2. The van der Waals surface area contributed by atoms with Gasteiger partial charge in [-0.25, -0.2) is 4.99 Å². The fourth-order valence-electron chi connectivity index (χ4n) is 3.20. The highest BCUT2D eigenvalue weighted by Gasteiger charge is 2.21. The number of anilines is 1. The van der Waals surface area contributed by atoms with Crippen molar-refractivity contribution in [3.63, 3.8) is 0 Å². The third kappa shape index (κ3) is 4.28. The van der Waals surface area contributed by atoms with Crippen molar-refractivity contribution >= 4 is 11.6 Å². The van der Waals surface area contributed by atoms with Crippen LogP contribution < -0.4 is 15.0 Å². The van der Waals surface area contributed by atoms with Gasteiger partial charge in [0.05, 0.1) is 25.5 Å². The number of aryl methyl sites for hydroxylation is 1. The Kier molecular flexibility index (Phi) is 5.99. The number of aliphatic imine (C=N–C) groups is 1. The van der Waals surface area contributed by atoms with Crippen molar-refractivity contribution in [3.8, 4) is 5.75 Å². The Hall–Kier alpha value is -2.70. The van der Waals surface area contributed by atoms with Gasteiger partial charge in [-0.15, -0.1) is 0 Å². The van der Waals surface area contributed by atoms with Gasteiger partial charge in [-0.3, -0.25) is 4.68 Å².